The molecule has 9 nitrogen and oxygen atoms in total. The molecule has 0 fully saturated rings. The monoisotopic (exact) mass is 462 g/mol. The maximum Gasteiger partial charge on any atom is 0.325 e. The van der Waals surface area contributed by atoms with Crippen LogP contribution in [0.15, 0.2) is 65.7 Å². The molecule has 3 amide bonds. The summed E-state index contributed by atoms with van der Waals surface area (Å²) >= 11 is 1.41. The molecule has 5 rings (SSSR count). The van der Waals surface area contributed by atoms with Gasteiger partial charge in [-0.2, -0.15) is 0 Å². The molecule has 166 valence electrons. The highest BCUT2D eigenvalue weighted by atomic mass is 32.1. The largest absolute Gasteiger partial charge is 0.486 e. The number of ether oxygens (including phenoxy) is 2. The van der Waals surface area contributed by atoms with Gasteiger partial charge in [-0.05, 0) is 23.8 Å². The number of amides is 3. The Labute approximate surface area is 191 Å². The van der Waals surface area contributed by atoms with Gasteiger partial charge in [0, 0.05) is 16.6 Å². The molecule has 0 spiro atoms. The van der Waals surface area contributed by atoms with Crippen molar-refractivity contribution in [3.63, 3.8) is 0 Å². The number of nitrogens with one attached hydrogen (secondary N) is 2. The first-order chi connectivity index (χ1) is 16.1. The molecule has 2 aromatic carbocycles. The molecular formula is C23H18N4O5S. The van der Waals surface area contributed by atoms with Gasteiger partial charge in [0.25, 0.3) is 5.56 Å². The molecule has 4 aromatic rings. The highest BCUT2D eigenvalue weighted by Crippen LogP contribution is 2.32. The number of benzene rings is 2. The van der Waals surface area contributed by atoms with Gasteiger partial charge >= 0.3 is 6.03 Å². The van der Waals surface area contributed by atoms with Crippen molar-refractivity contribution in [2.24, 2.45) is 0 Å². The molecule has 0 saturated heterocycles. The van der Waals surface area contributed by atoms with Crippen molar-refractivity contribution in [3.8, 4) is 21.9 Å². The van der Waals surface area contributed by atoms with E-state index in [0.717, 1.165) is 10.4 Å². The molecule has 0 radical (unpaired) electrons. The zero-order chi connectivity index (χ0) is 22.8. The Bertz CT molecular complexity index is 1410. The standard InChI is InChI=1S/C23H18N4O5S/c28-20(26-23(30)25-15-6-7-17-18(10-15)32-9-8-31-17)12-27-13-24-21-16(22(27)29)11-19(33-21)14-4-2-1-3-5-14/h1-7,10-11,13H,8-9,12H2,(H2,25,26,28,30). The van der Waals surface area contributed by atoms with Crippen molar-refractivity contribution >= 4 is 39.2 Å². The summed E-state index contributed by atoms with van der Waals surface area (Å²) < 4.78 is 12.1. The fraction of sp³-hybridized carbons (Fsp3) is 0.130. The van der Waals surface area contributed by atoms with Crippen molar-refractivity contribution in [1.29, 1.82) is 0 Å². The van der Waals surface area contributed by atoms with Crippen molar-refractivity contribution in [2.75, 3.05) is 18.5 Å². The molecule has 0 unspecified atom stereocenters. The normalized spacial score (nSPS) is 12.4. The van der Waals surface area contributed by atoms with E-state index < -0.39 is 11.9 Å². The molecule has 2 N–H and O–H groups in total. The number of hydrogen-bond donors (Lipinski definition) is 2. The van der Waals surface area contributed by atoms with Crippen LogP contribution in [0.5, 0.6) is 11.5 Å². The number of imide groups is 1. The van der Waals surface area contributed by atoms with E-state index in [1.165, 1.54) is 22.2 Å². The molecule has 0 bridgehead atoms. The van der Waals surface area contributed by atoms with E-state index in [2.05, 4.69) is 15.6 Å². The lowest BCUT2D eigenvalue weighted by Gasteiger charge is -2.19. The van der Waals surface area contributed by atoms with Crippen LogP contribution < -0.4 is 25.7 Å². The predicted octanol–water partition coefficient (Wildman–Crippen LogP) is 3.24. The van der Waals surface area contributed by atoms with Gasteiger partial charge in [0.15, 0.2) is 11.5 Å². The number of carbonyl (C=O) groups excluding carboxylic acids is 2. The number of carbonyl (C=O) groups is 2. The van der Waals surface area contributed by atoms with Crippen molar-refractivity contribution in [3.05, 3.63) is 71.3 Å². The summed E-state index contributed by atoms with van der Waals surface area (Å²) in [6.07, 6.45) is 1.31. The Kier molecular flexibility index (Phi) is 5.49. The molecular weight excluding hydrogens is 444 g/mol. The maximum absolute atomic E-state index is 12.8. The minimum absolute atomic E-state index is 0.340. The molecule has 10 heteroatoms. The summed E-state index contributed by atoms with van der Waals surface area (Å²) in [6.45, 7) is 0.547. The summed E-state index contributed by atoms with van der Waals surface area (Å²) in [4.78, 5) is 43.2. The fourth-order valence-corrected chi connectivity index (χ4v) is 4.42. The lowest BCUT2D eigenvalue weighted by atomic mass is 10.2. The third-order valence-corrected chi connectivity index (χ3v) is 6.04. The number of rotatable bonds is 4. The summed E-state index contributed by atoms with van der Waals surface area (Å²) in [5.74, 6) is 0.461. The van der Waals surface area contributed by atoms with Crippen LogP contribution in [0, 0.1) is 0 Å². The Morgan fingerprint density at radius 2 is 1.82 bits per heavy atom. The quantitative estimate of drug-likeness (QED) is 0.482. The van der Waals surface area contributed by atoms with Gasteiger partial charge in [-0.1, -0.05) is 30.3 Å². The first-order valence-corrected chi connectivity index (χ1v) is 10.9. The zero-order valence-corrected chi connectivity index (χ0v) is 18.1. The second-order valence-corrected chi connectivity index (χ2v) is 8.26. The van der Waals surface area contributed by atoms with Gasteiger partial charge in [0.2, 0.25) is 5.91 Å². The minimum Gasteiger partial charge on any atom is -0.486 e. The lowest BCUT2D eigenvalue weighted by molar-refractivity contribution is -0.120. The minimum atomic E-state index is -0.722. The van der Waals surface area contributed by atoms with Crippen LogP contribution in [0.3, 0.4) is 0 Å². The first kappa shape index (κ1) is 20.7. The highest BCUT2D eigenvalue weighted by molar-refractivity contribution is 7.21. The summed E-state index contributed by atoms with van der Waals surface area (Å²) in [5.41, 5.74) is 1.08. The molecule has 1 aliphatic heterocycles. The Hall–Kier alpha value is -4.18. The van der Waals surface area contributed by atoms with Crippen molar-refractivity contribution < 1.29 is 19.1 Å². The number of urea groups is 1. The van der Waals surface area contributed by atoms with Crippen LogP contribution in [-0.2, 0) is 11.3 Å². The number of anilines is 1. The summed E-state index contributed by atoms with van der Waals surface area (Å²) in [7, 11) is 0. The van der Waals surface area contributed by atoms with E-state index in [-0.39, 0.29) is 12.1 Å². The molecule has 1 aliphatic rings. The SMILES string of the molecule is O=C(Cn1cnc2sc(-c3ccccc3)cc2c1=O)NC(=O)Nc1ccc2c(c1)OCCO2. The van der Waals surface area contributed by atoms with Gasteiger partial charge in [-0.15, -0.1) is 11.3 Å². The Morgan fingerprint density at radius 1 is 1.03 bits per heavy atom. The van der Waals surface area contributed by atoms with Crippen LogP contribution in [0.25, 0.3) is 20.7 Å². The molecule has 0 saturated carbocycles. The third-order valence-electron chi connectivity index (χ3n) is 4.94. The number of hydrogen-bond acceptors (Lipinski definition) is 7. The van der Waals surface area contributed by atoms with Crippen LogP contribution in [0.4, 0.5) is 10.5 Å². The van der Waals surface area contributed by atoms with Crippen LogP contribution >= 0.6 is 11.3 Å². The zero-order valence-electron chi connectivity index (χ0n) is 17.2. The molecule has 3 heterocycles. The summed E-state index contributed by atoms with van der Waals surface area (Å²) in [5, 5.41) is 5.21. The van der Waals surface area contributed by atoms with Crippen molar-refractivity contribution in [2.45, 2.75) is 6.54 Å². The molecule has 0 atom stereocenters. The Balaban J connectivity index is 1.26. The van der Waals surface area contributed by atoms with E-state index >= 15 is 0 Å². The van der Waals surface area contributed by atoms with E-state index in [4.69, 9.17) is 9.47 Å². The topological polar surface area (TPSA) is 112 Å². The molecule has 2 aromatic heterocycles. The predicted molar refractivity (Wildman–Crippen MR) is 124 cm³/mol. The van der Waals surface area contributed by atoms with Gasteiger partial charge in [-0.25, -0.2) is 9.78 Å². The third kappa shape index (κ3) is 4.41. The average molecular weight is 462 g/mol. The van der Waals surface area contributed by atoms with Gasteiger partial charge < -0.3 is 14.8 Å². The highest BCUT2D eigenvalue weighted by Gasteiger charge is 2.16. The van der Waals surface area contributed by atoms with Gasteiger partial charge in [0.05, 0.1) is 11.7 Å². The van der Waals surface area contributed by atoms with E-state index in [0.29, 0.717) is 40.6 Å². The Morgan fingerprint density at radius 3 is 2.64 bits per heavy atom. The molecule has 0 aliphatic carbocycles. The van der Waals surface area contributed by atoms with E-state index in [9.17, 15) is 14.4 Å². The number of nitrogens with zero attached hydrogens (tertiary/aromatic N) is 2. The van der Waals surface area contributed by atoms with Crippen LogP contribution in [-0.4, -0.2) is 34.7 Å². The lowest BCUT2D eigenvalue weighted by Crippen LogP contribution is -2.38. The fourth-order valence-electron chi connectivity index (χ4n) is 3.42. The van der Waals surface area contributed by atoms with E-state index in [1.54, 1.807) is 24.3 Å². The van der Waals surface area contributed by atoms with Gasteiger partial charge in [-0.3, -0.25) is 19.5 Å². The van der Waals surface area contributed by atoms with Crippen LogP contribution in [0.1, 0.15) is 0 Å². The number of fused-ring (bicyclic) bond motifs is 2. The first-order valence-electron chi connectivity index (χ1n) is 10.1. The maximum atomic E-state index is 12.8. The van der Waals surface area contributed by atoms with Crippen LogP contribution in [0.2, 0.25) is 0 Å². The number of aromatic nitrogens is 2. The average Bonchev–Trinajstić information content (AvgIpc) is 3.27. The smallest absolute Gasteiger partial charge is 0.325 e. The van der Waals surface area contributed by atoms with Crippen molar-refractivity contribution in [1.82, 2.24) is 14.9 Å². The second kappa shape index (κ2) is 8.75. The number of thiophene rings is 1. The summed E-state index contributed by atoms with van der Waals surface area (Å²) in [6, 6.07) is 15.7. The second-order valence-electron chi connectivity index (χ2n) is 7.23. The molecule has 33 heavy (non-hydrogen) atoms. The van der Waals surface area contributed by atoms with Gasteiger partial charge in [0.1, 0.15) is 24.6 Å². The van der Waals surface area contributed by atoms with E-state index in [1.807, 2.05) is 30.3 Å².